The van der Waals surface area contributed by atoms with E-state index in [-0.39, 0.29) is 30.5 Å². The first-order valence-corrected chi connectivity index (χ1v) is 5.14. The molecule has 1 fully saturated rings. The van der Waals surface area contributed by atoms with E-state index in [0.29, 0.717) is 10.2 Å². The highest BCUT2D eigenvalue weighted by Gasteiger charge is 2.29. The average Bonchev–Trinajstić information content (AvgIpc) is 2.45. The number of ketones is 1. The zero-order chi connectivity index (χ0) is 11.0. The van der Waals surface area contributed by atoms with Crippen LogP contribution in [0.4, 0.5) is 10.1 Å². The number of hydrogen-bond donors (Lipinski definition) is 0. The normalized spacial score (nSPS) is 16.3. The zero-order valence-corrected chi connectivity index (χ0v) is 9.25. The van der Waals surface area contributed by atoms with Crippen molar-refractivity contribution in [3.63, 3.8) is 0 Å². The van der Waals surface area contributed by atoms with E-state index in [9.17, 15) is 14.0 Å². The lowest BCUT2D eigenvalue weighted by Crippen LogP contribution is -2.24. The van der Waals surface area contributed by atoms with Gasteiger partial charge in [-0.25, -0.2) is 4.39 Å². The average molecular weight is 272 g/mol. The molecule has 0 aromatic heterocycles. The predicted molar refractivity (Wildman–Crippen MR) is 56.1 cm³/mol. The number of halogens is 2. The number of rotatable bonds is 1. The molecule has 1 amide bonds. The third kappa shape index (κ3) is 1.92. The van der Waals surface area contributed by atoms with E-state index in [1.54, 1.807) is 0 Å². The Morgan fingerprint density at radius 2 is 2.07 bits per heavy atom. The van der Waals surface area contributed by atoms with Crippen LogP contribution in [0.1, 0.15) is 6.42 Å². The molecule has 2 rings (SSSR count). The van der Waals surface area contributed by atoms with Crippen LogP contribution in [0.2, 0.25) is 0 Å². The summed E-state index contributed by atoms with van der Waals surface area (Å²) in [6.07, 6.45) is -0.0657. The van der Waals surface area contributed by atoms with E-state index >= 15 is 0 Å². The number of hydrogen-bond acceptors (Lipinski definition) is 2. The highest BCUT2D eigenvalue weighted by molar-refractivity contribution is 9.10. The lowest BCUT2D eigenvalue weighted by Gasteiger charge is -2.16. The van der Waals surface area contributed by atoms with Gasteiger partial charge in [0, 0.05) is 4.47 Å². The Morgan fingerprint density at radius 3 is 2.60 bits per heavy atom. The second-order valence-electron chi connectivity index (χ2n) is 3.29. The Morgan fingerprint density at radius 1 is 1.33 bits per heavy atom. The minimum Gasteiger partial charge on any atom is -0.303 e. The standard InChI is InChI=1S/C10H7BrFNO2/c11-8-3-6(12)1-2-9(8)13-5-7(14)4-10(13)15/h1-3H,4-5H2. The fraction of sp³-hybridized carbons (Fsp3) is 0.200. The summed E-state index contributed by atoms with van der Waals surface area (Å²) in [6.45, 7) is 0.0725. The van der Waals surface area contributed by atoms with Crippen molar-refractivity contribution in [1.29, 1.82) is 0 Å². The number of anilines is 1. The van der Waals surface area contributed by atoms with Gasteiger partial charge in [0.15, 0.2) is 5.78 Å². The summed E-state index contributed by atoms with van der Waals surface area (Å²) in [5.74, 6) is -0.743. The molecule has 0 saturated carbocycles. The lowest BCUT2D eigenvalue weighted by molar-refractivity contribution is -0.121. The van der Waals surface area contributed by atoms with E-state index in [1.807, 2.05) is 0 Å². The van der Waals surface area contributed by atoms with Crippen LogP contribution < -0.4 is 4.90 Å². The first kappa shape index (κ1) is 10.3. The van der Waals surface area contributed by atoms with Crippen molar-refractivity contribution < 1.29 is 14.0 Å². The number of carbonyl (C=O) groups is 2. The number of nitrogens with zero attached hydrogens (tertiary/aromatic N) is 1. The van der Waals surface area contributed by atoms with Gasteiger partial charge in [-0.3, -0.25) is 9.59 Å². The molecule has 0 aliphatic carbocycles. The van der Waals surface area contributed by atoms with Gasteiger partial charge in [0.1, 0.15) is 5.82 Å². The molecule has 0 unspecified atom stereocenters. The van der Waals surface area contributed by atoms with Crippen LogP contribution in [0.25, 0.3) is 0 Å². The van der Waals surface area contributed by atoms with Crippen LogP contribution in [0, 0.1) is 5.82 Å². The Bertz CT molecular complexity index is 447. The van der Waals surface area contributed by atoms with Crippen LogP contribution >= 0.6 is 15.9 Å². The van der Waals surface area contributed by atoms with E-state index in [1.165, 1.54) is 23.1 Å². The lowest BCUT2D eigenvalue weighted by atomic mass is 10.3. The van der Waals surface area contributed by atoms with Crippen LogP contribution in [0.5, 0.6) is 0 Å². The Hall–Kier alpha value is -1.23. The second kappa shape index (κ2) is 3.73. The van der Waals surface area contributed by atoms with Crippen molar-refractivity contribution in [3.8, 4) is 0 Å². The fourth-order valence-electron chi connectivity index (χ4n) is 1.50. The van der Waals surface area contributed by atoms with Crippen molar-refractivity contribution in [1.82, 2.24) is 0 Å². The van der Waals surface area contributed by atoms with Gasteiger partial charge in [0.2, 0.25) is 5.91 Å². The van der Waals surface area contributed by atoms with Crippen molar-refractivity contribution in [3.05, 3.63) is 28.5 Å². The van der Waals surface area contributed by atoms with Gasteiger partial charge in [0.05, 0.1) is 18.7 Å². The quantitative estimate of drug-likeness (QED) is 0.732. The molecule has 0 atom stereocenters. The highest BCUT2D eigenvalue weighted by Crippen LogP contribution is 2.29. The first-order chi connectivity index (χ1) is 7.08. The molecule has 0 radical (unpaired) electrons. The number of amides is 1. The third-order valence-corrected chi connectivity index (χ3v) is 2.82. The minimum absolute atomic E-state index is 0.0657. The van der Waals surface area contributed by atoms with E-state index in [2.05, 4.69) is 15.9 Å². The molecule has 1 aromatic carbocycles. The molecule has 78 valence electrons. The molecule has 1 aliphatic rings. The van der Waals surface area contributed by atoms with E-state index in [0.717, 1.165) is 0 Å². The van der Waals surface area contributed by atoms with Gasteiger partial charge >= 0.3 is 0 Å². The molecule has 1 aliphatic heterocycles. The molecule has 15 heavy (non-hydrogen) atoms. The number of carbonyl (C=O) groups excluding carboxylic acids is 2. The van der Waals surface area contributed by atoms with Crippen molar-refractivity contribution in [2.75, 3.05) is 11.4 Å². The number of Topliss-reactive ketones (excluding diaryl/α,β-unsaturated/α-hetero) is 1. The SMILES string of the molecule is O=C1CC(=O)N(c2ccc(F)cc2Br)C1. The summed E-state index contributed by atoms with van der Waals surface area (Å²) >= 11 is 3.16. The molecule has 0 spiro atoms. The largest absolute Gasteiger partial charge is 0.303 e. The van der Waals surface area contributed by atoms with Crippen molar-refractivity contribution in [2.45, 2.75) is 6.42 Å². The van der Waals surface area contributed by atoms with Crippen molar-refractivity contribution >= 4 is 33.3 Å². The monoisotopic (exact) mass is 271 g/mol. The molecule has 0 bridgehead atoms. The maximum Gasteiger partial charge on any atom is 0.234 e. The molecule has 3 nitrogen and oxygen atoms in total. The number of benzene rings is 1. The topological polar surface area (TPSA) is 37.4 Å². The highest BCUT2D eigenvalue weighted by atomic mass is 79.9. The molecule has 1 heterocycles. The molecular formula is C10H7BrFNO2. The summed E-state index contributed by atoms with van der Waals surface area (Å²) < 4.78 is 13.3. The summed E-state index contributed by atoms with van der Waals surface area (Å²) in [6, 6.07) is 4.01. The third-order valence-electron chi connectivity index (χ3n) is 2.18. The molecule has 0 N–H and O–H groups in total. The maximum absolute atomic E-state index is 12.8. The first-order valence-electron chi connectivity index (χ1n) is 4.35. The maximum atomic E-state index is 12.8. The van der Waals surface area contributed by atoms with Crippen LogP contribution in [-0.4, -0.2) is 18.2 Å². The van der Waals surface area contributed by atoms with E-state index in [4.69, 9.17) is 0 Å². The van der Waals surface area contributed by atoms with Crippen LogP contribution in [0.3, 0.4) is 0 Å². The smallest absolute Gasteiger partial charge is 0.234 e. The van der Waals surface area contributed by atoms with Gasteiger partial charge in [-0.1, -0.05) is 0 Å². The summed E-state index contributed by atoms with van der Waals surface area (Å²) in [5, 5.41) is 0. The van der Waals surface area contributed by atoms with Gasteiger partial charge in [-0.15, -0.1) is 0 Å². The Kier molecular flexibility index (Phi) is 2.56. The fourth-order valence-corrected chi connectivity index (χ4v) is 2.07. The van der Waals surface area contributed by atoms with Crippen molar-refractivity contribution in [2.24, 2.45) is 0 Å². The molecule has 1 aromatic rings. The van der Waals surface area contributed by atoms with Crippen LogP contribution in [-0.2, 0) is 9.59 Å². The molecule has 5 heteroatoms. The summed E-state index contributed by atoms with van der Waals surface area (Å²) in [4.78, 5) is 23.8. The Balaban J connectivity index is 2.38. The van der Waals surface area contributed by atoms with E-state index < -0.39 is 0 Å². The predicted octanol–water partition coefficient (Wildman–Crippen LogP) is 1.89. The van der Waals surface area contributed by atoms with Gasteiger partial charge < -0.3 is 4.90 Å². The summed E-state index contributed by atoms with van der Waals surface area (Å²) in [7, 11) is 0. The Labute approximate surface area is 94.0 Å². The summed E-state index contributed by atoms with van der Waals surface area (Å²) in [5.41, 5.74) is 0.534. The van der Waals surface area contributed by atoms with Gasteiger partial charge in [-0.2, -0.15) is 0 Å². The minimum atomic E-state index is -0.386. The van der Waals surface area contributed by atoms with Crippen LogP contribution in [0.15, 0.2) is 22.7 Å². The molecular weight excluding hydrogens is 265 g/mol. The molecule has 1 saturated heterocycles. The second-order valence-corrected chi connectivity index (χ2v) is 4.15. The zero-order valence-electron chi connectivity index (χ0n) is 7.67. The van der Waals surface area contributed by atoms with Gasteiger partial charge in [-0.05, 0) is 34.1 Å². The van der Waals surface area contributed by atoms with Gasteiger partial charge in [0.25, 0.3) is 0 Å².